The first kappa shape index (κ1) is 19.8. The maximum atomic E-state index is 9.90. The van der Waals surface area contributed by atoms with Crippen molar-refractivity contribution in [3.63, 3.8) is 0 Å². The van der Waals surface area contributed by atoms with Crippen molar-refractivity contribution in [2.75, 3.05) is 32.7 Å². The fourth-order valence-corrected chi connectivity index (χ4v) is 1.82. The first-order chi connectivity index (χ1) is 9.91. The van der Waals surface area contributed by atoms with Crippen molar-refractivity contribution in [3.05, 3.63) is 0 Å². The molecule has 0 bridgehead atoms. The van der Waals surface area contributed by atoms with Gasteiger partial charge in [0.15, 0.2) is 0 Å². The topological polar surface area (TPSA) is 142 Å². The number of nitrogens with two attached hydrogens (primary N) is 2. The van der Waals surface area contributed by atoms with Crippen LogP contribution in [0.15, 0.2) is 0 Å². The molecule has 8 nitrogen and oxygen atoms in total. The quantitative estimate of drug-likeness (QED) is 0.291. The van der Waals surface area contributed by atoms with Crippen molar-refractivity contribution < 1.29 is 19.8 Å². The van der Waals surface area contributed by atoms with Gasteiger partial charge in [0.05, 0.1) is 6.17 Å². The maximum absolute atomic E-state index is 9.90. The lowest BCUT2D eigenvalue weighted by molar-refractivity contribution is -0.139. The lowest BCUT2D eigenvalue weighted by atomic mass is 10.2. The second-order valence-electron chi connectivity index (χ2n) is 5.04. The smallest absolute Gasteiger partial charge is 0.303 e. The minimum Gasteiger partial charge on any atom is -0.481 e. The summed E-state index contributed by atoms with van der Waals surface area (Å²) in [7, 11) is 0. The van der Waals surface area contributed by atoms with E-state index in [4.69, 9.17) is 21.7 Å². The van der Waals surface area contributed by atoms with E-state index in [0.29, 0.717) is 12.8 Å². The van der Waals surface area contributed by atoms with Crippen LogP contribution in [0.25, 0.3) is 0 Å². The molecule has 8 heteroatoms. The molecular weight excluding hydrogens is 276 g/mol. The highest BCUT2D eigenvalue weighted by molar-refractivity contribution is 5.67. The number of carbonyl (C=O) groups is 2. The van der Waals surface area contributed by atoms with Crippen LogP contribution in [0.2, 0.25) is 0 Å². The molecule has 7 N–H and O–H groups in total. The summed E-state index contributed by atoms with van der Waals surface area (Å²) in [6, 6.07) is 0. The summed E-state index contributed by atoms with van der Waals surface area (Å²) in [6.07, 6.45) is 1.77. The van der Waals surface area contributed by atoms with Gasteiger partial charge in [0.25, 0.3) is 0 Å². The molecule has 0 unspecified atom stereocenters. The van der Waals surface area contributed by atoms with E-state index in [2.05, 4.69) is 10.2 Å². The molecule has 1 aliphatic heterocycles. The predicted octanol–water partition coefficient (Wildman–Crippen LogP) is -0.759. The van der Waals surface area contributed by atoms with E-state index in [9.17, 15) is 9.59 Å². The summed E-state index contributed by atoms with van der Waals surface area (Å²) >= 11 is 0. The average molecular weight is 304 g/mol. The molecule has 0 amide bonds. The Morgan fingerprint density at radius 1 is 1.05 bits per heavy atom. The average Bonchev–Trinajstić information content (AvgIpc) is 2.43. The van der Waals surface area contributed by atoms with Gasteiger partial charge in [-0.15, -0.1) is 0 Å². The molecule has 0 atom stereocenters. The summed E-state index contributed by atoms with van der Waals surface area (Å²) in [6.45, 7) is 5.50. The van der Waals surface area contributed by atoms with Crippen LogP contribution < -0.4 is 16.8 Å². The highest BCUT2D eigenvalue weighted by Gasteiger charge is 2.08. The molecule has 0 aliphatic carbocycles. The van der Waals surface area contributed by atoms with E-state index in [0.717, 1.165) is 39.1 Å². The third-order valence-electron chi connectivity index (χ3n) is 3.02. The van der Waals surface area contributed by atoms with Gasteiger partial charge in [-0.2, -0.15) is 0 Å². The third-order valence-corrected chi connectivity index (χ3v) is 3.02. The minimum atomic E-state index is -0.870. The first-order valence-corrected chi connectivity index (χ1v) is 7.29. The molecule has 0 aromatic rings. The number of carboxylic acid groups (broad SMARTS) is 2. The third kappa shape index (κ3) is 15.0. The van der Waals surface area contributed by atoms with Crippen LogP contribution in [-0.2, 0) is 9.59 Å². The fraction of sp³-hybridized carbons (Fsp3) is 0.846. The van der Waals surface area contributed by atoms with E-state index in [1.54, 1.807) is 0 Å². The molecule has 1 aliphatic rings. The van der Waals surface area contributed by atoms with Crippen LogP contribution in [-0.4, -0.2) is 65.9 Å². The molecule has 0 aromatic heterocycles. The Hall–Kier alpha value is -1.22. The molecule has 1 rings (SSSR count). The van der Waals surface area contributed by atoms with Gasteiger partial charge in [0.2, 0.25) is 0 Å². The number of piperazine rings is 1. The molecule has 0 aromatic carbocycles. The Balaban J connectivity index is 0.000000384. The standard InChI is InChI=1S/C7H18N4.C6H10O4/c8-7(9)1-4-11-5-2-10-3-6-11;7-5(8)3-1-2-4-6(9)10/h7,10H,1-6,8-9H2;1-4H2,(H,7,8)(H,9,10). The van der Waals surface area contributed by atoms with Gasteiger partial charge in [0.1, 0.15) is 0 Å². The molecule has 21 heavy (non-hydrogen) atoms. The molecular formula is C13H28N4O4. The number of hydrogen-bond acceptors (Lipinski definition) is 6. The van der Waals surface area contributed by atoms with Crippen LogP contribution in [0.4, 0.5) is 0 Å². The second-order valence-corrected chi connectivity index (χ2v) is 5.04. The zero-order valence-electron chi connectivity index (χ0n) is 12.5. The van der Waals surface area contributed by atoms with Crippen LogP contribution in [0, 0.1) is 0 Å². The Kier molecular flexibility index (Phi) is 11.8. The van der Waals surface area contributed by atoms with E-state index in [1.165, 1.54) is 0 Å². The molecule has 0 spiro atoms. The Morgan fingerprint density at radius 2 is 1.52 bits per heavy atom. The van der Waals surface area contributed by atoms with E-state index >= 15 is 0 Å². The number of carboxylic acids is 2. The normalized spacial score (nSPS) is 15.4. The Morgan fingerprint density at radius 3 is 1.90 bits per heavy atom. The number of rotatable bonds is 8. The van der Waals surface area contributed by atoms with Gasteiger partial charge in [-0.3, -0.25) is 9.59 Å². The van der Waals surface area contributed by atoms with Crippen molar-refractivity contribution in [1.29, 1.82) is 0 Å². The summed E-state index contributed by atoms with van der Waals surface area (Å²) in [5.74, 6) is -1.74. The SMILES string of the molecule is NC(N)CCN1CCNCC1.O=C(O)CCCCC(=O)O. The van der Waals surface area contributed by atoms with Crippen LogP contribution in [0.5, 0.6) is 0 Å². The lowest BCUT2D eigenvalue weighted by Crippen LogP contribution is -2.45. The van der Waals surface area contributed by atoms with Gasteiger partial charge in [-0.05, 0) is 19.3 Å². The van der Waals surface area contributed by atoms with Gasteiger partial charge in [-0.1, -0.05) is 0 Å². The van der Waals surface area contributed by atoms with Crippen LogP contribution in [0.1, 0.15) is 32.1 Å². The minimum absolute atomic E-state index is 0.0628. The zero-order chi connectivity index (χ0) is 16.1. The van der Waals surface area contributed by atoms with Gasteiger partial charge < -0.3 is 31.9 Å². The van der Waals surface area contributed by atoms with Gasteiger partial charge >= 0.3 is 11.9 Å². The number of nitrogens with one attached hydrogen (secondary N) is 1. The number of aliphatic carboxylic acids is 2. The summed E-state index contributed by atoms with van der Waals surface area (Å²) in [4.78, 5) is 22.2. The van der Waals surface area contributed by atoms with Crippen molar-refractivity contribution in [2.24, 2.45) is 11.5 Å². The monoisotopic (exact) mass is 304 g/mol. The lowest BCUT2D eigenvalue weighted by Gasteiger charge is -2.27. The maximum Gasteiger partial charge on any atom is 0.303 e. The highest BCUT2D eigenvalue weighted by atomic mass is 16.4. The molecule has 1 heterocycles. The van der Waals surface area contributed by atoms with E-state index in [-0.39, 0.29) is 19.0 Å². The summed E-state index contributed by atoms with van der Waals surface area (Å²) in [5, 5.41) is 19.6. The summed E-state index contributed by atoms with van der Waals surface area (Å²) < 4.78 is 0. The Labute approximate surface area is 125 Å². The number of nitrogens with zero attached hydrogens (tertiary/aromatic N) is 1. The molecule has 0 saturated carbocycles. The first-order valence-electron chi connectivity index (χ1n) is 7.29. The second kappa shape index (κ2) is 12.5. The number of hydrogen-bond donors (Lipinski definition) is 5. The summed E-state index contributed by atoms with van der Waals surface area (Å²) in [5.41, 5.74) is 10.9. The van der Waals surface area contributed by atoms with Crippen LogP contribution >= 0.6 is 0 Å². The molecule has 124 valence electrons. The van der Waals surface area contributed by atoms with Crippen molar-refractivity contribution >= 4 is 11.9 Å². The largest absolute Gasteiger partial charge is 0.481 e. The highest BCUT2D eigenvalue weighted by Crippen LogP contribution is 1.98. The molecule has 0 radical (unpaired) electrons. The van der Waals surface area contributed by atoms with Gasteiger partial charge in [-0.25, -0.2) is 0 Å². The van der Waals surface area contributed by atoms with E-state index < -0.39 is 11.9 Å². The van der Waals surface area contributed by atoms with Crippen molar-refractivity contribution in [3.8, 4) is 0 Å². The number of unbranched alkanes of at least 4 members (excludes halogenated alkanes) is 1. The van der Waals surface area contributed by atoms with Crippen molar-refractivity contribution in [1.82, 2.24) is 10.2 Å². The fourth-order valence-electron chi connectivity index (χ4n) is 1.82. The molecule has 1 fully saturated rings. The Bertz CT molecular complexity index is 278. The van der Waals surface area contributed by atoms with Crippen LogP contribution in [0.3, 0.4) is 0 Å². The van der Waals surface area contributed by atoms with Crippen molar-refractivity contribution in [2.45, 2.75) is 38.3 Å². The molecule has 1 saturated heterocycles. The predicted molar refractivity (Wildman–Crippen MR) is 79.8 cm³/mol. The van der Waals surface area contributed by atoms with E-state index in [1.807, 2.05) is 0 Å². The van der Waals surface area contributed by atoms with Gasteiger partial charge in [0, 0.05) is 45.6 Å². The zero-order valence-corrected chi connectivity index (χ0v) is 12.5.